The van der Waals surface area contributed by atoms with Gasteiger partial charge in [0.05, 0.1) is 17.1 Å². The van der Waals surface area contributed by atoms with Crippen LogP contribution in [0.2, 0.25) is 0 Å². The molecule has 1 N–H and O–H groups in total. The third kappa shape index (κ3) is 4.47. The van der Waals surface area contributed by atoms with Gasteiger partial charge in [0.15, 0.2) is 0 Å². The second-order valence-electron chi connectivity index (χ2n) is 5.57. The number of sulfonamides is 1. The Bertz CT molecular complexity index is 905. The van der Waals surface area contributed by atoms with Crippen molar-refractivity contribution in [3.8, 4) is 0 Å². The molecule has 138 valence electrons. The summed E-state index contributed by atoms with van der Waals surface area (Å²) in [5.74, 6) is -0.892. The number of nitrogens with zero attached hydrogens (tertiary/aromatic N) is 1. The van der Waals surface area contributed by atoms with Crippen molar-refractivity contribution in [1.29, 1.82) is 0 Å². The van der Waals surface area contributed by atoms with Gasteiger partial charge in [-0.3, -0.25) is 4.79 Å². The molecule has 2 aromatic carbocycles. The molecule has 0 atom stereocenters. The second-order valence-corrected chi connectivity index (χ2v) is 7.72. The van der Waals surface area contributed by atoms with Gasteiger partial charge in [0.25, 0.3) is 5.91 Å². The number of ether oxygens (including phenoxy) is 1. The van der Waals surface area contributed by atoms with E-state index in [0.29, 0.717) is 11.3 Å². The van der Waals surface area contributed by atoms with Crippen molar-refractivity contribution in [2.45, 2.75) is 11.8 Å². The van der Waals surface area contributed by atoms with Crippen LogP contribution >= 0.6 is 0 Å². The van der Waals surface area contributed by atoms with E-state index in [-0.39, 0.29) is 17.1 Å². The summed E-state index contributed by atoms with van der Waals surface area (Å²) in [7, 11) is -0.777. The number of nitrogens with one attached hydrogen (secondary N) is 1. The summed E-state index contributed by atoms with van der Waals surface area (Å²) >= 11 is 0. The largest absolute Gasteiger partial charge is 0.462 e. The molecule has 0 saturated heterocycles. The summed E-state index contributed by atoms with van der Waals surface area (Å²) in [4.78, 5) is 24.0. The number of hydrogen-bond donors (Lipinski definition) is 1. The number of amides is 1. The zero-order chi connectivity index (χ0) is 19.3. The zero-order valence-corrected chi connectivity index (χ0v) is 15.5. The van der Waals surface area contributed by atoms with Gasteiger partial charge in [0.1, 0.15) is 0 Å². The van der Waals surface area contributed by atoms with Gasteiger partial charge in [0, 0.05) is 25.3 Å². The number of anilines is 1. The molecule has 7 nitrogen and oxygen atoms in total. The standard InChI is InChI=1S/C18H20N2O5S/c1-4-25-18(22)13-8-10-15(11-9-13)19-17(21)14-6-5-7-16(12-14)26(23,24)20(2)3/h5-12H,4H2,1-3H3,(H,19,21). The first-order chi connectivity index (χ1) is 12.3. The molecule has 0 saturated carbocycles. The van der Waals surface area contributed by atoms with Gasteiger partial charge in [-0.05, 0) is 49.4 Å². The average Bonchev–Trinajstić information content (AvgIpc) is 2.62. The van der Waals surface area contributed by atoms with Crippen molar-refractivity contribution in [2.24, 2.45) is 0 Å². The van der Waals surface area contributed by atoms with E-state index in [1.165, 1.54) is 38.4 Å². The minimum atomic E-state index is -3.62. The number of carbonyl (C=O) groups is 2. The fraction of sp³-hybridized carbons (Fsp3) is 0.222. The van der Waals surface area contributed by atoms with Crippen molar-refractivity contribution < 1.29 is 22.7 Å². The molecule has 0 aliphatic carbocycles. The van der Waals surface area contributed by atoms with Crippen LogP contribution in [0.1, 0.15) is 27.6 Å². The van der Waals surface area contributed by atoms with Gasteiger partial charge in [-0.25, -0.2) is 17.5 Å². The molecule has 0 spiro atoms. The van der Waals surface area contributed by atoms with Gasteiger partial charge in [-0.2, -0.15) is 0 Å². The predicted molar refractivity (Wildman–Crippen MR) is 97.7 cm³/mol. The predicted octanol–water partition coefficient (Wildman–Crippen LogP) is 2.37. The van der Waals surface area contributed by atoms with Crippen molar-refractivity contribution in [1.82, 2.24) is 4.31 Å². The third-order valence-electron chi connectivity index (χ3n) is 3.53. The van der Waals surface area contributed by atoms with E-state index in [4.69, 9.17) is 4.74 Å². The van der Waals surface area contributed by atoms with Crippen LogP contribution in [0, 0.1) is 0 Å². The zero-order valence-electron chi connectivity index (χ0n) is 14.7. The molecule has 0 radical (unpaired) electrons. The quantitative estimate of drug-likeness (QED) is 0.782. The molecule has 0 aliphatic rings. The normalized spacial score (nSPS) is 11.2. The first-order valence-corrected chi connectivity index (χ1v) is 9.31. The molecule has 0 unspecified atom stereocenters. The van der Waals surface area contributed by atoms with E-state index in [2.05, 4.69) is 5.32 Å². The summed E-state index contributed by atoms with van der Waals surface area (Å²) in [6.07, 6.45) is 0. The van der Waals surface area contributed by atoms with Gasteiger partial charge in [-0.15, -0.1) is 0 Å². The smallest absolute Gasteiger partial charge is 0.338 e. The molecule has 8 heteroatoms. The fourth-order valence-corrected chi connectivity index (χ4v) is 3.06. The van der Waals surface area contributed by atoms with Gasteiger partial charge >= 0.3 is 5.97 Å². The lowest BCUT2D eigenvalue weighted by atomic mass is 10.2. The summed E-state index contributed by atoms with van der Waals surface area (Å²) in [5, 5.41) is 2.66. The molecular formula is C18H20N2O5S. The number of rotatable bonds is 6. The highest BCUT2D eigenvalue weighted by atomic mass is 32.2. The first kappa shape index (κ1) is 19.6. The Hall–Kier alpha value is -2.71. The SMILES string of the molecule is CCOC(=O)c1ccc(NC(=O)c2cccc(S(=O)(=O)N(C)C)c2)cc1. The summed E-state index contributed by atoms with van der Waals surface area (Å²) in [6.45, 7) is 2.00. The van der Waals surface area contributed by atoms with Crippen LogP contribution in [-0.2, 0) is 14.8 Å². The first-order valence-electron chi connectivity index (χ1n) is 7.87. The number of hydrogen-bond acceptors (Lipinski definition) is 5. The van der Waals surface area contributed by atoms with Gasteiger partial charge in [0.2, 0.25) is 10.0 Å². The summed E-state index contributed by atoms with van der Waals surface area (Å²) in [6, 6.07) is 12.0. The second kappa shape index (κ2) is 8.11. The van der Waals surface area contributed by atoms with Crippen LogP contribution in [0.4, 0.5) is 5.69 Å². The van der Waals surface area contributed by atoms with E-state index in [1.54, 1.807) is 31.2 Å². The van der Waals surface area contributed by atoms with Crippen LogP contribution in [0.3, 0.4) is 0 Å². The lowest BCUT2D eigenvalue weighted by Gasteiger charge is -2.12. The van der Waals surface area contributed by atoms with Crippen LogP contribution < -0.4 is 5.32 Å². The molecule has 0 bridgehead atoms. The Morgan fingerprint density at radius 3 is 2.27 bits per heavy atom. The molecule has 2 aromatic rings. The van der Waals surface area contributed by atoms with Crippen LogP contribution in [0.25, 0.3) is 0 Å². The summed E-state index contributed by atoms with van der Waals surface area (Å²) in [5.41, 5.74) is 1.07. The minimum Gasteiger partial charge on any atom is -0.462 e. The molecule has 0 heterocycles. The maximum absolute atomic E-state index is 12.4. The average molecular weight is 376 g/mol. The van der Waals surface area contributed by atoms with E-state index in [0.717, 1.165) is 4.31 Å². The molecule has 0 aromatic heterocycles. The van der Waals surface area contributed by atoms with Crippen molar-refractivity contribution in [3.05, 3.63) is 59.7 Å². The van der Waals surface area contributed by atoms with Gasteiger partial charge < -0.3 is 10.1 Å². The van der Waals surface area contributed by atoms with Crippen molar-refractivity contribution >= 4 is 27.6 Å². The van der Waals surface area contributed by atoms with E-state index >= 15 is 0 Å². The maximum atomic E-state index is 12.4. The molecular weight excluding hydrogens is 356 g/mol. The van der Waals surface area contributed by atoms with E-state index in [9.17, 15) is 18.0 Å². The molecule has 1 amide bonds. The van der Waals surface area contributed by atoms with Crippen molar-refractivity contribution in [2.75, 3.05) is 26.0 Å². The monoisotopic (exact) mass is 376 g/mol. The minimum absolute atomic E-state index is 0.0350. The lowest BCUT2D eigenvalue weighted by molar-refractivity contribution is 0.0526. The molecule has 0 aliphatic heterocycles. The fourth-order valence-electron chi connectivity index (χ4n) is 2.12. The van der Waals surface area contributed by atoms with Crippen LogP contribution in [0.5, 0.6) is 0 Å². The Morgan fingerprint density at radius 1 is 1.04 bits per heavy atom. The number of benzene rings is 2. The number of carbonyl (C=O) groups excluding carboxylic acids is 2. The highest BCUT2D eigenvalue weighted by Crippen LogP contribution is 2.17. The van der Waals surface area contributed by atoms with Crippen molar-refractivity contribution in [3.63, 3.8) is 0 Å². The Morgan fingerprint density at radius 2 is 1.69 bits per heavy atom. The number of esters is 1. The molecule has 0 fully saturated rings. The highest BCUT2D eigenvalue weighted by molar-refractivity contribution is 7.89. The Kier molecular flexibility index (Phi) is 6.12. The Labute approximate surface area is 152 Å². The van der Waals surface area contributed by atoms with E-state index < -0.39 is 21.9 Å². The highest BCUT2D eigenvalue weighted by Gasteiger charge is 2.18. The summed E-state index contributed by atoms with van der Waals surface area (Å²) < 4.78 is 30.3. The van der Waals surface area contributed by atoms with E-state index in [1.807, 2.05) is 0 Å². The molecule has 26 heavy (non-hydrogen) atoms. The van der Waals surface area contributed by atoms with Crippen LogP contribution in [0.15, 0.2) is 53.4 Å². The Balaban J connectivity index is 2.17. The topological polar surface area (TPSA) is 92.8 Å². The molecule has 2 rings (SSSR count). The van der Waals surface area contributed by atoms with Gasteiger partial charge in [-0.1, -0.05) is 6.07 Å². The maximum Gasteiger partial charge on any atom is 0.338 e. The third-order valence-corrected chi connectivity index (χ3v) is 5.34. The lowest BCUT2D eigenvalue weighted by Crippen LogP contribution is -2.22. The van der Waals surface area contributed by atoms with Crippen LogP contribution in [-0.4, -0.2) is 45.3 Å².